The first-order chi connectivity index (χ1) is 7.38. The summed E-state index contributed by atoms with van der Waals surface area (Å²) in [6, 6.07) is 3.38. The number of rotatable bonds is 4. The lowest BCUT2D eigenvalue weighted by Gasteiger charge is -2.01. The Kier molecular flexibility index (Phi) is 2.89. The van der Waals surface area contributed by atoms with E-state index < -0.39 is 0 Å². The van der Waals surface area contributed by atoms with E-state index in [0.29, 0.717) is 18.2 Å². The Hall–Kier alpha value is -1.95. The van der Waals surface area contributed by atoms with Crippen LogP contribution in [0.1, 0.15) is 11.5 Å². The van der Waals surface area contributed by atoms with E-state index in [-0.39, 0.29) is 6.61 Å². The molecular weight excluding hydrogens is 196 g/mol. The molecule has 0 spiro atoms. The fourth-order valence-electron chi connectivity index (χ4n) is 1.04. The molecule has 78 valence electrons. The van der Waals surface area contributed by atoms with E-state index in [2.05, 4.69) is 19.6 Å². The molecule has 15 heavy (non-hydrogen) atoms. The van der Waals surface area contributed by atoms with Gasteiger partial charge in [-0.1, -0.05) is 0 Å². The Morgan fingerprint density at radius 1 is 1.40 bits per heavy atom. The number of hydrogen-bond donors (Lipinski definition) is 1. The zero-order valence-electron chi connectivity index (χ0n) is 7.96. The van der Waals surface area contributed by atoms with E-state index in [9.17, 15) is 0 Å². The summed E-state index contributed by atoms with van der Waals surface area (Å²) in [5.74, 6) is 0.984. The van der Waals surface area contributed by atoms with Crippen molar-refractivity contribution in [1.29, 1.82) is 0 Å². The molecule has 0 bridgehead atoms. The molecule has 0 aliphatic rings. The lowest BCUT2D eigenvalue weighted by atomic mass is 10.4. The van der Waals surface area contributed by atoms with Crippen molar-refractivity contribution >= 4 is 0 Å². The Bertz CT molecular complexity index is 416. The topological polar surface area (TPSA) is 87.1 Å². The normalized spacial score (nSPS) is 10.2. The van der Waals surface area contributed by atoms with Crippen molar-refractivity contribution in [1.82, 2.24) is 15.1 Å². The fraction of sp³-hybridized carbons (Fsp3) is 0.222. The van der Waals surface area contributed by atoms with Crippen LogP contribution in [-0.4, -0.2) is 15.1 Å². The Morgan fingerprint density at radius 2 is 2.33 bits per heavy atom. The third-order valence-corrected chi connectivity index (χ3v) is 1.74. The second-order valence-electron chi connectivity index (χ2n) is 2.79. The highest BCUT2D eigenvalue weighted by atomic mass is 16.5. The van der Waals surface area contributed by atoms with Crippen LogP contribution in [-0.2, 0) is 13.2 Å². The Morgan fingerprint density at radius 3 is 3.07 bits per heavy atom. The molecule has 0 aromatic carbocycles. The molecule has 0 fully saturated rings. The largest absolute Gasteiger partial charge is 0.467 e. The molecular formula is C9H10N4O2. The molecule has 0 amide bonds. The van der Waals surface area contributed by atoms with Crippen molar-refractivity contribution in [2.24, 2.45) is 5.73 Å². The second-order valence-corrected chi connectivity index (χ2v) is 2.79. The predicted octanol–water partition coefficient (Wildman–Crippen LogP) is 0.502. The molecule has 2 N–H and O–H groups in total. The average Bonchev–Trinajstić information content (AvgIpc) is 2.79. The molecule has 2 rings (SSSR count). The minimum atomic E-state index is 0.250. The quantitative estimate of drug-likeness (QED) is 0.783. The SMILES string of the molecule is NCc1ccnc(COc2ccon2)n1. The zero-order valence-corrected chi connectivity index (χ0v) is 7.96. The van der Waals surface area contributed by atoms with Crippen LogP contribution >= 0.6 is 0 Å². The summed E-state index contributed by atoms with van der Waals surface area (Å²) in [5.41, 5.74) is 6.23. The van der Waals surface area contributed by atoms with E-state index >= 15 is 0 Å². The molecule has 0 saturated carbocycles. The van der Waals surface area contributed by atoms with Crippen molar-refractivity contribution in [3.63, 3.8) is 0 Å². The molecule has 0 radical (unpaired) electrons. The molecule has 6 heteroatoms. The van der Waals surface area contributed by atoms with Gasteiger partial charge in [0.05, 0.1) is 5.69 Å². The van der Waals surface area contributed by atoms with E-state index in [1.54, 1.807) is 18.3 Å². The van der Waals surface area contributed by atoms with E-state index in [0.717, 1.165) is 5.69 Å². The Labute approximate surface area is 86.1 Å². The lowest BCUT2D eigenvalue weighted by Crippen LogP contribution is -2.06. The molecule has 0 saturated heterocycles. The van der Waals surface area contributed by atoms with E-state index in [1.807, 2.05) is 0 Å². The van der Waals surface area contributed by atoms with Crippen molar-refractivity contribution in [2.45, 2.75) is 13.2 Å². The van der Waals surface area contributed by atoms with Crippen molar-refractivity contribution in [3.05, 3.63) is 36.1 Å². The van der Waals surface area contributed by atoms with Crippen LogP contribution < -0.4 is 10.5 Å². The first kappa shape index (κ1) is 9.60. The van der Waals surface area contributed by atoms with Gasteiger partial charge >= 0.3 is 0 Å². The summed E-state index contributed by atoms with van der Waals surface area (Å²) in [4.78, 5) is 8.21. The predicted molar refractivity (Wildman–Crippen MR) is 50.8 cm³/mol. The average molecular weight is 206 g/mol. The number of hydrogen-bond acceptors (Lipinski definition) is 6. The third kappa shape index (κ3) is 2.50. The van der Waals surface area contributed by atoms with Gasteiger partial charge in [-0.2, -0.15) is 0 Å². The van der Waals surface area contributed by atoms with Crippen LogP contribution in [0.3, 0.4) is 0 Å². The summed E-state index contributed by atoms with van der Waals surface area (Å²) < 4.78 is 9.87. The molecule has 0 aliphatic heterocycles. The molecule has 2 aromatic rings. The minimum Gasteiger partial charge on any atom is -0.467 e. The van der Waals surface area contributed by atoms with Crippen molar-refractivity contribution in [2.75, 3.05) is 0 Å². The van der Waals surface area contributed by atoms with Gasteiger partial charge in [-0.25, -0.2) is 9.97 Å². The van der Waals surface area contributed by atoms with Gasteiger partial charge in [0.1, 0.15) is 12.9 Å². The third-order valence-electron chi connectivity index (χ3n) is 1.74. The Balaban J connectivity index is 1.98. The summed E-state index contributed by atoms with van der Waals surface area (Å²) in [6.45, 7) is 0.639. The first-order valence-corrected chi connectivity index (χ1v) is 4.42. The number of nitrogens with zero attached hydrogens (tertiary/aromatic N) is 3. The van der Waals surface area contributed by atoms with Gasteiger partial charge in [-0.3, -0.25) is 0 Å². The highest BCUT2D eigenvalue weighted by Crippen LogP contribution is 2.06. The van der Waals surface area contributed by atoms with Crippen LogP contribution in [0.25, 0.3) is 0 Å². The summed E-state index contributed by atoms with van der Waals surface area (Å²) >= 11 is 0. The number of ether oxygens (including phenoxy) is 1. The minimum absolute atomic E-state index is 0.250. The van der Waals surface area contributed by atoms with Crippen LogP contribution in [0.4, 0.5) is 0 Å². The summed E-state index contributed by atoms with van der Waals surface area (Å²) in [6.07, 6.45) is 3.09. The zero-order chi connectivity index (χ0) is 10.5. The molecule has 2 heterocycles. The second kappa shape index (κ2) is 4.52. The van der Waals surface area contributed by atoms with Gasteiger partial charge in [0.15, 0.2) is 5.82 Å². The van der Waals surface area contributed by atoms with Crippen LogP contribution in [0.15, 0.2) is 29.1 Å². The summed E-state index contributed by atoms with van der Waals surface area (Å²) in [5, 5.41) is 3.60. The van der Waals surface area contributed by atoms with Gasteiger partial charge < -0.3 is 15.0 Å². The monoisotopic (exact) mass is 206 g/mol. The van der Waals surface area contributed by atoms with Crippen LogP contribution in [0.5, 0.6) is 5.88 Å². The maximum Gasteiger partial charge on any atom is 0.254 e. The molecule has 2 aromatic heterocycles. The maximum absolute atomic E-state index is 5.45. The molecule has 0 atom stereocenters. The molecule has 0 aliphatic carbocycles. The van der Waals surface area contributed by atoms with Gasteiger partial charge in [-0.05, 0) is 11.2 Å². The van der Waals surface area contributed by atoms with Crippen molar-refractivity contribution < 1.29 is 9.26 Å². The van der Waals surface area contributed by atoms with Gasteiger partial charge in [0, 0.05) is 18.8 Å². The van der Waals surface area contributed by atoms with E-state index in [4.69, 9.17) is 10.5 Å². The molecule has 0 unspecified atom stereocenters. The van der Waals surface area contributed by atoms with Gasteiger partial charge in [0.2, 0.25) is 0 Å². The number of nitrogens with two attached hydrogens (primary N) is 1. The highest BCUT2D eigenvalue weighted by Gasteiger charge is 2.01. The fourth-order valence-corrected chi connectivity index (χ4v) is 1.04. The smallest absolute Gasteiger partial charge is 0.254 e. The van der Waals surface area contributed by atoms with Crippen LogP contribution in [0, 0.1) is 0 Å². The van der Waals surface area contributed by atoms with E-state index in [1.165, 1.54) is 6.26 Å². The first-order valence-electron chi connectivity index (χ1n) is 4.42. The molecule has 6 nitrogen and oxygen atoms in total. The highest BCUT2D eigenvalue weighted by molar-refractivity contribution is 5.04. The summed E-state index contributed by atoms with van der Waals surface area (Å²) in [7, 11) is 0. The maximum atomic E-state index is 5.45. The van der Waals surface area contributed by atoms with Crippen molar-refractivity contribution in [3.8, 4) is 5.88 Å². The standard InChI is InChI=1S/C9H10N4O2/c10-5-7-1-3-11-8(12-7)6-14-9-2-4-15-13-9/h1-4H,5-6,10H2. The van der Waals surface area contributed by atoms with Gasteiger partial charge in [0.25, 0.3) is 5.88 Å². The van der Waals surface area contributed by atoms with Gasteiger partial charge in [-0.15, -0.1) is 0 Å². The number of aromatic nitrogens is 3. The van der Waals surface area contributed by atoms with Crippen LogP contribution in [0.2, 0.25) is 0 Å². The lowest BCUT2D eigenvalue weighted by molar-refractivity contribution is 0.261.